The number of H-pyrrole nitrogens is 1. The molecule has 1 aromatic heterocycles. The normalized spacial score (nSPS) is 15.2. The fraction of sp³-hybridized carbons (Fsp3) is 0.412. The fourth-order valence-electron chi connectivity index (χ4n) is 3.00. The number of halogens is 1. The van der Waals surface area contributed by atoms with E-state index in [1.54, 1.807) is 13.1 Å². The van der Waals surface area contributed by atoms with Gasteiger partial charge in [0.2, 0.25) is 0 Å². The summed E-state index contributed by atoms with van der Waals surface area (Å²) < 4.78 is 4.98. The Kier molecular flexibility index (Phi) is 5.53. The van der Waals surface area contributed by atoms with E-state index in [9.17, 15) is 15.0 Å². The maximum absolute atomic E-state index is 11.6. The van der Waals surface area contributed by atoms with Gasteiger partial charge in [0, 0.05) is 44.0 Å². The Morgan fingerprint density at radius 2 is 2.00 bits per heavy atom. The third kappa shape index (κ3) is 3.86. The van der Waals surface area contributed by atoms with E-state index >= 15 is 0 Å². The fourth-order valence-corrected chi connectivity index (χ4v) is 3.16. The molecular weight excluding hydrogens is 360 g/mol. The number of piperazine rings is 1. The zero-order chi connectivity index (χ0) is 18.7. The zero-order valence-corrected chi connectivity index (χ0v) is 15.2. The molecule has 0 spiro atoms. The molecule has 26 heavy (non-hydrogen) atoms. The first-order chi connectivity index (χ1) is 12.5. The van der Waals surface area contributed by atoms with Gasteiger partial charge < -0.3 is 19.8 Å². The van der Waals surface area contributed by atoms with Crippen molar-refractivity contribution in [2.24, 2.45) is 0 Å². The number of phenols is 2. The largest absolute Gasteiger partial charge is 0.507 e. The van der Waals surface area contributed by atoms with Crippen molar-refractivity contribution < 1.29 is 19.7 Å². The number of aromatic amines is 1. The van der Waals surface area contributed by atoms with Crippen molar-refractivity contribution in [3.8, 4) is 22.8 Å². The number of ether oxygens (including phenoxy) is 1. The number of esters is 1. The third-order valence-corrected chi connectivity index (χ3v) is 4.61. The van der Waals surface area contributed by atoms with Crippen molar-refractivity contribution in [1.29, 1.82) is 0 Å². The number of aromatic nitrogens is 2. The van der Waals surface area contributed by atoms with Gasteiger partial charge in [-0.25, -0.2) is 0 Å². The van der Waals surface area contributed by atoms with E-state index in [0.717, 1.165) is 5.69 Å². The Labute approximate surface area is 155 Å². The highest BCUT2D eigenvalue weighted by Crippen LogP contribution is 2.40. The molecule has 0 atom stereocenters. The van der Waals surface area contributed by atoms with Crippen molar-refractivity contribution in [1.82, 2.24) is 15.1 Å². The van der Waals surface area contributed by atoms with E-state index in [0.29, 0.717) is 44.0 Å². The van der Waals surface area contributed by atoms with E-state index in [-0.39, 0.29) is 29.0 Å². The molecule has 3 rings (SSSR count). The molecule has 0 bridgehead atoms. The standard InChI is InChI=1S/C17H21ClN4O4/c1-2-26-16(25)10-21-3-5-22(6-4-21)13-9-19-20-17(13)11-7-12(18)15(24)8-14(11)23/h7-9,23-24H,2-6,10H2,1H3,(H,19,20). The summed E-state index contributed by atoms with van der Waals surface area (Å²) >= 11 is 5.97. The summed E-state index contributed by atoms with van der Waals surface area (Å²) in [5, 5.41) is 27.0. The molecule has 0 aliphatic carbocycles. The number of aromatic hydroxyl groups is 2. The van der Waals surface area contributed by atoms with Gasteiger partial charge in [-0.2, -0.15) is 5.10 Å². The Balaban J connectivity index is 1.73. The monoisotopic (exact) mass is 380 g/mol. The molecule has 1 saturated heterocycles. The summed E-state index contributed by atoms with van der Waals surface area (Å²) in [6, 6.07) is 2.69. The average Bonchev–Trinajstić information content (AvgIpc) is 3.08. The van der Waals surface area contributed by atoms with Gasteiger partial charge in [-0.3, -0.25) is 14.8 Å². The van der Waals surface area contributed by atoms with Crippen molar-refractivity contribution >= 4 is 23.3 Å². The Bertz CT molecular complexity index is 787. The highest BCUT2D eigenvalue weighted by molar-refractivity contribution is 6.32. The van der Waals surface area contributed by atoms with Crippen LogP contribution in [0.15, 0.2) is 18.3 Å². The number of hydrogen-bond acceptors (Lipinski definition) is 7. The minimum absolute atomic E-state index is 0.0961. The van der Waals surface area contributed by atoms with Crippen molar-refractivity contribution in [3.63, 3.8) is 0 Å². The van der Waals surface area contributed by atoms with Crippen LogP contribution in [0, 0.1) is 0 Å². The van der Waals surface area contributed by atoms with Gasteiger partial charge in [0.25, 0.3) is 0 Å². The summed E-state index contributed by atoms with van der Waals surface area (Å²) in [5.41, 5.74) is 1.83. The van der Waals surface area contributed by atoms with Gasteiger partial charge in [-0.15, -0.1) is 0 Å². The van der Waals surface area contributed by atoms with Crippen LogP contribution < -0.4 is 4.90 Å². The lowest BCUT2D eigenvalue weighted by atomic mass is 10.1. The third-order valence-electron chi connectivity index (χ3n) is 4.31. The minimum Gasteiger partial charge on any atom is -0.507 e. The number of nitrogens with zero attached hydrogens (tertiary/aromatic N) is 3. The molecule has 140 valence electrons. The van der Waals surface area contributed by atoms with E-state index < -0.39 is 0 Å². The lowest BCUT2D eigenvalue weighted by molar-refractivity contribution is -0.144. The van der Waals surface area contributed by atoms with Crippen LogP contribution in [0.2, 0.25) is 5.02 Å². The van der Waals surface area contributed by atoms with E-state index in [4.69, 9.17) is 16.3 Å². The van der Waals surface area contributed by atoms with E-state index in [1.165, 1.54) is 12.1 Å². The van der Waals surface area contributed by atoms with Crippen molar-refractivity contribution in [2.75, 3.05) is 44.2 Å². The first kappa shape index (κ1) is 18.3. The van der Waals surface area contributed by atoms with Crippen molar-refractivity contribution in [2.45, 2.75) is 6.92 Å². The Hall–Kier alpha value is -2.45. The predicted molar refractivity (Wildman–Crippen MR) is 97.6 cm³/mol. The van der Waals surface area contributed by atoms with Gasteiger partial charge in [-0.1, -0.05) is 11.6 Å². The molecule has 0 unspecified atom stereocenters. The molecule has 0 amide bonds. The van der Waals surface area contributed by atoms with Crippen LogP contribution in [0.25, 0.3) is 11.3 Å². The van der Waals surface area contributed by atoms with Gasteiger partial charge in [0.1, 0.15) is 17.2 Å². The van der Waals surface area contributed by atoms with Gasteiger partial charge in [0.05, 0.1) is 23.9 Å². The molecule has 2 heterocycles. The van der Waals surface area contributed by atoms with Gasteiger partial charge in [0.15, 0.2) is 0 Å². The molecule has 0 saturated carbocycles. The van der Waals surface area contributed by atoms with Crippen LogP contribution in [0.5, 0.6) is 11.5 Å². The van der Waals surface area contributed by atoms with E-state index in [1.807, 2.05) is 4.90 Å². The summed E-state index contributed by atoms with van der Waals surface area (Å²) in [5.74, 6) is -0.493. The Morgan fingerprint density at radius 3 is 2.69 bits per heavy atom. The number of anilines is 1. The highest BCUT2D eigenvalue weighted by atomic mass is 35.5. The van der Waals surface area contributed by atoms with E-state index in [2.05, 4.69) is 15.1 Å². The summed E-state index contributed by atoms with van der Waals surface area (Å²) in [7, 11) is 0. The van der Waals surface area contributed by atoms with Crippen molar-refractivity contribution in [3.05, 3.63) is 23.4 Å². The van der Waals surface area contributed by atoms with Crippen LogP contribution in [-0.4, -0.2) is 70.6 Å². The molecule has 1 aliphatic rings. The second-order valence-electron chi connectivity index (χ2n) is 6.01. The number of nitrogens with one attached hydrogen (secondary N) is 1. The van der Waals surface area contributed by atoms with Crippen LogP contribution in [-0.2, 0) is 9.53 Å². The molecule has 1 fully saturated rings. The second-order valence-corrected chi connectivity index (χ2v) is 6.42. The number of carbonyl (C=O) groups is 1. The van der Waals surface area contributed by atoms with Crippen LogP contribution in [0.3, 0.4) is 0 Å². The number of rotatable bonds is 5. The van der Waals surface area contributed by atoms with Gasteiger partial charge >= 0.3 is 5.97 Å². The van der Waals surface area contributed by atoms with Crippen LogP contribution in [0.4, 0.5) is 5.69 Å². The SMILES string of the molecule is CCOC(=O)CN1CCN(c2c[nH]nc2-c2cc(Cl)c(O)cc2O)CC1. The minimum atomic E-state index is -0.214. The maximum atomic E-state index is 11.6. The first-order valence-electron chi connectivity index (χ1n) is 8.38. The predicted octanol–water partition coefficient (Wildman–Crippen LogP) is 1.83. The molecule has 8 nitrogen and oxygen atoms in total. The lowest BCUT2D eigenvalue weighted by Crippen LogP contribution is -2.48. The molecule has 2 aromatic rings. The number of carbonyl (C=O) groups excluding carboxylic acids is 1. The highest BCUT2D eigenvalue weighted by Gasteiger charge is 2.24. The molecule has 3 N–H and O–H groups in total. The quantitative estimate of drug-likeness (QED) is 0.680. The summed E-state index contributed by atoms with van der Waals surface area (Å²) in [6.45, 7) is 5.31. The topological polar surface area (TPSA) is 102 Å². The van der Waals surface area contributed by atoms with Crippen LogP contribution in [0.1, 0.15) is 6.92 Å². The molecule has 0 radical (unpaired) electrons. The summed E-state index contributed by atoms with van der Waals surface area (Å²) in [6.07, 6.45) is 1.76. The number of phenolic OH excluding ortho intramolecular Hbond substituents is 2. The van der Waals surface area contributed by atoms with Crippen LogP contribution >= 0.6 is 11.6 Å². The van der Waals surface area contributed by atoms with Gasteiger partial charge in [-0.05, 0) is 13.0 Å². The molecular formula is C17H21ClN4O4. The smallest absolute Gasteiger partial charge is 0.320 e. The molecule has 1 aliphatic heterocycles. The second kappa shape index (κ2) is 7.84. The number of benzene rings is 1. The lowest BCUT2D eigenvalue weighted by Gasteiger charge is -2.35. The maximum Gasteiger partial charge on any atom is 0.320 e. The molecule has 9 heteroatoms. The Morgan fingerprint density at radius 1 is 1.27 bits per heavy atom. The first-order valence-corrected chi connectivity index (χ1v) is 8.76. The number of hydrogen-bond donors (Lipinski definition) is 3. The average molecular weight is 381 g/mol. The zero-order valence-electron chi connectivity index (χ0n) is 14.4. The summed E-state index contributed by atoms with van der Waals surface area (Å²) in [4.78, 5) is 15.8. The molecule has 1 aromatic carbocycles.